The van der Waals surface area contributed by atoms with Crippen LogP contribution < -0.4 is 10.2 Å². The molecule has 2 atom stereocenters. The number of anilines is 1. The normalized spacial score (nSPS) is 23.7. The molecular weight excluding hydrogens is 263 g/mol. The van der Waals surface area contributed by atoms with Gasteiger partial charge >= 0.3 is 0 Å². The summed E-state index contributed by atoms with van der Waals surface area (Å²) in [6, 6.07) is 5.84. The third kappa shape index (κ3) is 3.61. The van der Waals surface area contributed by atoms with E-state index in [1.165, 1.54) is 6.07 Å². The van der Waals surface area contributed by atoms with Gasteiger partial charge in [-0.25, -0.2) is 4.39 Å². The van der Waals surface area contributed by atoms with E-state index in [0.717, 1.165) is 32.4 Å². The smallest absolute Gasteiger partial charge is 0.147 e. The van der Waals surface area contributed by atoms with Gasteiger partial charge in [-0.15, -0.1) is 0 Å². The van der Waals surface area contributed by atoms with Crippen LogP contribution in [0.2, 0.25) is 5.02 Å². The SMILES string of the molecule is CCCNC1CCN(c2ccc(Cl)cc2F)C(C)C1. The van der Waals surface area contributed by atoms with E-state index >= 15 is 0 Å². The van der Waals surface area contributed by atoms with Crippen LogP contribution in [0.15, 0.2) is 18.2 Å². The monoisotopic (exact) mass is 284 g/mol. The topological polar surface area (TPSA) is 15.3 Å². The highest BCUT2D eigenvalue weighted by Gasteiger charge is 2.26. The van der Waals surface area contributed by atoms with E-state index in [0.29, 0.717) is 22.8 Å². The van der Waals surface area contributed by atoms with E-state index in [-0.39, 0.29) is 5.82 Å². The molecule has 1 N–H and O–H groups in total. The largest absolute Gasteiger partial charge is 0.366 e. The third-order valence-corrected chi connectivity index (χ3v) is 4.01. The number of hydrogen-bond acceptors (Lipinski definition) is 2. The Hall–Kier alpha value is -0.800. The molecule has 19 heavy (non-hydrogen) atoms. The number of benzene rings is 1. The predicted molar refractivity (Wildman–Crippen MR) is 79.5 cm³/mol. The average molecular weight is 285 g/mol. The highest BCUT2D eigenvalue weighted by atomic mass is 35.5. The summed E-state index contributed by atoms with van der Waals surface area (Å²) in [6.07, 6.45) is 3.27. The van der Waals surface area contributed by atoms with Crippen molar-refractivity contribution in [2.45, 2.75) is 45.2 Å². The Kier molecular flexibility index (Phi) is 5.06. The standard InChI is InChI=1S/C15H22ClFN2/c1-3-7-18-13-6-8-19(11(2)9-13)15-5-4-12(16)10-14(15)17/h4-5,10-11,13,18H,3,6-9H2,1-2H3. The van der Waals surface area contributed by atoms with Crippen LogP contribution in [0, 0.1) is 5.82 Å². The zero-order chi connectivity index (χ0) is 13.8. The molecule has 0 amide bonds. The van der Waals surface area contributed by atoms with Gasteiger partial charge in [0.25, 0.3) is 0 Å². The maximum atomic E-state index is 14.0. The number of nitrogens with zero attached hydrogens (tertiary/aromatic N) is 1. The molecule has 1 saturated heterocycles. The Labute approximate surface area is 119 Å². The minimum Gasteiger partial charge on any atom is -0.366 e. The van der Waals surface area contributed by atoms with Crippen molar-refractivity contribution >= 4 is 17.3 Å². The van der Waals surface area contributed by atoms with Crippen LogP contribution in [-0.2, 0) is 0 Å². The number of nitrogens with one attached hydrogen (secondary N) is 1. The van der Waals surface area contributed by atoms with Crippen molar-refractivity contribution < 1.29 is 4.39 Å². The highest BCUT2D eigenvalue weighted by Crippen LogP contribution is 2.28. The molecule has 4 heteroatoms. The number of piperidine rings is 1. The lowest BCUT2D eigenvalue weighted by Gasteiger charge is -2.39. The lowest BCUT2D eigenvalue weighted by molar-refractivity contribution is 0.366. The molecule has 0 aliphatic carbocycles. The maximum absolute atomic E-state index is 14.0. The first-order valence-corrected chi connectivity index (χ1v) is 7.44. The van der Waals surface area contributed by atoms with Gasteiger partial charge < -0.3 is 10.2 Å². The van der Waals surface area contributed by atoms with E-state index in [2.05, 4.69) is 24.1 Å². The summed E-state index contributed by atoms with van der Waals surface area (Å²) in [5.41, 5.74) is 0.672. The lowest BCUT2D eigenvalue weighted by Crippen LogP contribution is -2.48. The molecule has 2 rings (SSSR count). The number of hydrogen-bond donors (Lipinski definition) is 1. The fraction of sp³-hybridized carbons (Fsp3) is 0.600. The first kappa shape index (κ1) is 14.6. The van der Waals surface area contributed by atoms with Crippen LogP contribution in [0.25, 0.3) is 0 Å². The lowest BCUT2D eigenvalue weighted by atomic mass is 9.97. The van der Waals surface area contributed by atoms with Gasteiger partial charge in [-0.05, 0) is 50.9 Å². The third-order valence-electron chi connectivity index (χ3n) is 3.78. The van der Waals surface area contributed by atoms with Gasteiger partial charge in [0.2, 0.25) is 0 Å². The molecule has 2 unspecified atom stereocenters. The summed E-state index contributed by atoms with van der Waals surface area (Å²) in [5.74, 6) is -0.223. The first-order valence-electron chi connectivity index (χ1n) is 7.07. The van der Waals surface area contributed by atoms with Crippen LogP contribution >= 0.6 is 11.6 Å². The molecule has 1 aromatic rings. The van der Waals surface area contributed by atoms with Gasteiger partial charge in [0.15, 0.2) is 0 Å². The van der Waals surface area contributed by atoms with E-state index < -0.39 is 0 Å². The molecule has 1 aliphatic rings. The van der Waals surface area contributed by atoms with Crippen molar-refractivity contribution in [1.29, 1.82) is 0 Å². The Morgan fingerprint density at radius 1 is 1.47 bits per heavy atom. The van der Waals surface area contributed by atoms with Crippen molar-refractivity contribution in [2.24, 2.45) is 0 Å². The molecule has 0 radical (unpaired) electrons. The van der Waals surface area contributed by atoms with Crippen LogP contribution in [0.4, 0.5) is 10.1 Å². The molecule has 0 bridgehead atoms. The fourth-order valence-corrected chi connectivity index (χ4v) is 2.94. The molecule has 106 valence electrons. The summed E-state index contributed by atoms with van der Waals surface area (Å²) in [5, 5.41) is 4.01. The second-order valence-electron chi connectivity index (χ2n) is 5.31. The molecule has 2 nitrogen and oxygen atoms in total. The minimum absolute atomic E-state index is 0.223. The molecular formula is C15H22ClFN2. The van der Waals surface area contributed by atoms with Crippen LogP contribution in [0.3, 0.4) is 0 Å². The number of rotatable bonds is 4. The fourth-order valence-electron chi connectivity index (χ4n) is 2.78. The minimum atomic E-state index is -0.223. The van der Waals surface area contributed by atoms with Crippen molar-refractivity contribution in [3.63, 3.8) is 0 Å². The predicted octanol–water partition coefficient (Wildman–Crippen LogP) is 3.84. The second-order valence-corrected chi connectivity index (χ2v) is 5.75. The summed E-state index contributed by atoms with van der Waals surface area (Å²) in [4.78, 5) is 2.15. The summed E-state index contributed by atoms with van der Waals surface area (Å²) in [7, 11) is 0. The second kappa shape index (κ2) is 6.58. The van der Waals surface area contributed by atoms with Gasteiger partial charge in [-0.3, -0.25) is 0 Å². The summed E-state index contributed by atoms with van der Waals surface area (Å²) in [6.45, 7) is 6.29. The number of halogens is 2. The first-order chi connectivity index (χ1) is 9.11. The Morgan fingerprint density at radius 2 is 2.26 bits per heavy atom. The van der Waals surface area contributed by atoms with Gasteiger partial charge in [-0.1, -0.05) is 18.5 Å². The van der Waals surface area contributed by atoms with Gasteiger partial charge in [0.1, 0.15) is 5.82 Å². The van der Waals surface area contributed by atoms with Crippen LogP contribution in [0.1, 0.15) is 33.1 Å². The van der Waals surface area contributed by atoms with E-state index in [1.807, 2.05) is 0 Å². The van der Waals surface area contributed by atoms with Gasteiger partial charge in [0.05, 0.1) is 5.69 Å². The molecule has 0 aromatic heterocycles. The molecule has 1 heterocycles. The van der Waals surface area contributed by atoms with Gasteiger partial charge in [-0.2, -0.15) is 0 Å². The van der Waals surface area contributed by atoms with Crippen LogP contribution in [0.5, 0.6) is 0 Å². The molecule has 1 aliphatic heterocycles. The highest BCUT2D eigenvalue weighted by molar-refractivity contribution is 6.30. The molecule has 1 fully saturated rings. The molecule has 0 spiro atoms. The Bertz CT molecular complexity index is 425. The van der Waals surface area contributed by atoms with Crippen molar-refractivity contribution in [1.82, 2.24) is 5.32 Å². The van der Waals surface area contributed by atoms with E-state index in [4.69, 9.17) is 11.6 Å². The average Bonchev–Trinajstić information content (AvgIpc) is 2.37. The summed E-state index contributed by atoms with van der Waals surface area (Å²) >= 11 is 5.80. The zero-order valence-corrected chi connectivity index (χ0v) is 12.4. The Morgan fingerprint density at radius 3 is 2.89 bits per heavy atom. The van der Waals surface area contributed by atoms with Gasteiger partial charge in [0, 0.05) is 23.7 Å². The summed E-state index contributed by atoms with van der Waals surface area (Å²) < 4.78 is 14.0. The zero-order valence-electron chi connectivity index (χ0n) is 11.6. The molecule has 0 saturated carbocycles. The van der Waals surface area contributed by atoms with Crippen molar-refractivity contribution in [2.75, 3.05) is 18.0 Å². The quantitative estimate of drug-likeness (QED) is 0.904. The van der Waals surface area contributed by atoms with Crippen molar-refractivity contribution in [3.05, 3.63) is 29.0 Å². The van der Waals surface area contributed by atoms with E-state index in [1.54, 1.807) is 12.1 Å². The van der Waals surface area contributed by atoms with E-state index in [9.17, 15) is 4.39 Å². The maximum Gasteiger partial charge on any atom is 0.147 e. The Balaban J connectivity index is 2.03. The van der Waals surface area contributed by atoms with Crippen LogP contribution in [-0.4, -0.2) is 25.2 Å². The van der Waals surface area contributed by atoms with Crippen molar-refractivity contribution in [3.8, 4) is 0 Å². The molecule has 1 aromatic carbocycles.